The predicted molar refractivity (Wildman–Crippen MR) is 175 cm³/mol. The molecule has 1 atom stereocenters. The van der Waals surface area contributed by atoms with E-state index in [1.807, 2.05) is 0 Å². The Bertz CT molecular complexity index is 1690. The maximum absolute atomic E-state index is 12.6. The molecule has 3 aromatic rings. The van der Waals surface area contributed by atoms with Crippen molar-refractivity contribution in [2.75, 3.05) is 20.3 Å². The zero-order valence-corrected chi connectivity index (χ0v) is 27.7. The number of hydrazone groups is 1. The van der Waals surface area contributed by atoms with E-state index in [1.165, 1.54) is 13.3 Å². The minimum atomic E-state index is -0.793. The largest absolute Gasteiger partial charge is 0.493 e. The standard InChI is InChI=1S/C31H28Cl4N4O7/c1-4-44-30(41)27-16(2)37-31(42)38-28(27)19-6-8-24(25(12-19)43-3)45-15-26(40)39-36-13-18-10-22(34)29(23(35)11-18)46-14-17-5-7-20(32)21(33)9-17/h5-13,28H,4,14-15H2,1-3H3,(H,39,40)(H2,37,38,42)/b36-13-/t28-/m0/s1. The van der Waals surface area contributed by atoms with Gasteiger partial charge in [-0.15, -0.1) is 0 Å². The van der Waals surface area contributed by atoms with Crippen LogP contribution in [0.5, 0.6) is 17.2 Å². The van der Waals surface area contributed by atoms with Crippen molar-refractivity contribution in [2.24, 2.45) is 5.10 Å². The lowest BCUT2D eigenvalue weighted by atomic mass is 9.95. The van der Waals surface area contributed by atoms with Crippen molar-refractivity contribution >= 4 is 70.5 Å². The lowest BCUT2D eigenvalue weighted by Gasteiger charge is -2.28. The minimum Gasteiger partial charge on any atom is -0.493 e. The lowest BCUT2D eigenvalue weighted by molar-refractivity contribution is -0.139. The Kier molecular flexibility index (Phi) is 12.0. The van der Waals surface area contributed by atoms with E-state index in [-0.39, 0.29) is 46.1 Å². The van der Waals surface area contributed by atoms with Crippen LogP contribution in [-0.4, -0.2) is 44.4 Å². The number of hydrogen-bond acceptors (Lipinski definition) is 8. The van der Waals surface area contributed by atoms with Gasteiger partial charge in [0.25, 0.3) is 5.91 Å². The van der Waals surface area contributed by atoms with Crippen LogP contribution in [0.2, 0.25) is 20.1 Å². The molecule has 0 unspecified atom stereocenters. The number of carbonyl (C=O) groups excluding carboxylic acids is 3. The van der Waals surface area contributed by atoms with Crippen molar-refractivity contribution in [3.05, 3.63) is 96.6 Å². The molecule has 0 radical (unpaired) electrons. The van der Waals surface area contributed by atoms with Gasteiger partial charge >= 0.3 is 12.0 Å². The fourth-order valence-electron chi connectivity index (χ4n) is 4.34. The number of hydrogen-bond donors (Lipinski definition) is 3. The number of ether oxygens (including phenoxy) is 4. The smallest absolute Gasteiger partial charge is 0.338 e. The molecule has 242 valence electrons. The van der Waals surface area contributed by atoms with Crippen molar-refractivity contribution in [1.82, 2.24) is 16.1 Å². The third kappa shape index (κ3) is 8.76. The Morgan fingerprint density at radius 3 is 2.37 bits per heavy atom. The number of allylic oxidation sites excluding steroid dienone is 1. The molecule has 0 spiro atoms. The van der Waals surface area contributed by atoms with E-state index in [9.17, 15) is 14.4 Å². The zero-order chi connectivity index (χ0) is 33.4. The first kappa shape index (κ1) is 34.7. The van der Waals surface area contributed by atoms with Crippen LogP contribution in [0.1, 0.15) is 36.6 Å². The summed E-state index contributed by atoms with van der Waals surface area (Å²) in [5.74, 6) is -0.334. The second kappa shape index (κ2) is 15.9. The molecule has 3 N–H and O–H groups in total. The van der Waals surface area contributed by atoms with Gasteiger partial charge in [0, 0.05) is 5.70 Å². The summed E-state index contributed by atoms with van der Waals surface area (Å²) in [7, 11) is 1.42. The van der Waals surface area contributed by atoms with Gasteiger partial charge in [0.05, 0.1) is 51.6 Å². The van der Waals surface area contributed by atoms with Crippen molar-refractivity contribution in [3.63, 3.8) is 0 Å². The average Bonchev–Trinajstić information content (AvgIpc) is 3.01. The van der Waals surface area contributed by atoms with Crippen molar-refractivity contribution in [3.8, 4) is 17.2 Å². The summed E-state index contributed by atoms with van der Waals surface area (Å²) in [6.07, 6.45) is 1.36. The Morgan fingerprint density at radius 1 is 0.957 bits per heavy atom. The summed E-state index contributed by atoms with van der Waals surface area (Å²) in [4.78, 5) is 37.2. The normalized spacial score (nSPS) is 14.4. The molecule has 0 saturated carbocycles. The van der Waals surface area contributed by atoms with E-state index in [0.717, 1.165) is 5.56 Å². The van der Waals surface area contributed by atoms with Gasteiger partial charge in [-0.3, -0.25) is 4.79 Å². The number of amides is 3. The molecule has 3 aromatic carbocycles. The van der Waals surface area contributed by atoms with Crippen LogP contribution in [0.4, 0.5) is 4.79 Å². The molecule has 0 aromatic heterocycles. The molecule has 1 aliphatic rings. The van der Waals surface area contributed by atoms with E-state index in [4.69, 9.17) is 65.4 Å². The average molecular weight is 710 g/mol. The molecule has 1 heterocycles. The van der Waals surface area contributed by atoms with Crippen LogP contribution in [-0.2, 0) is 20.9 Å². The van der Waals surface area contributed by atoms with Crippen molar-refractivity contribution < 1.29 is 33.3 Å². The number of nitrogens with one attached hydrogen (secondary N) is 3. The quantitative estimate of drug-likeness (QED) is 0.109. The first-order valence-electron chi connectivity index (χ1n) is 13.6. The number of rotatable bonds is 12. The van der Waals surface area contributed by atoms with Crippen LogP contribution in [0, 0.1) is 0 Å². The van der Waals surface area contributed by atoms with Crippen LogP contribution >= 0.6 is 46.4 Å². The number of halogens is 4. The number of esters is 1. The van der Waals surface area contributed by atoms with Gasteiger partial charge in [-0.05, 0) is 66.9 Å². The van der Waals surface area contributed by atoms with Gasteiger partial charge in [-0.2, -0.15) is 5.10 Å². The number of benzene rings is 3. The van der Waals surface area contributed by atoms with Crippen LogP contribution in [0.25, 0.3) is 0 Å². The Labute approximate surface area is 284 Å². The summed E-state index contributed by atoms with van der Waals surface area (Å²) < 4.78 is 22.0. The maximum Gasteiger partial charge on any atom is 0.338 e. The molecule has 0 fully saturated rings. The molecule has 3 amide bonds. The number of nitrogens with zero attached hydrogens (tertiary/aromatic N) is 1. The van der Waals surface area contributed by atoms with Gasteiger partial charge < -0.3 is 29.6 Å². The highest BCUT2D eigenvalue weighted by Gasteiger charge is 2.32. The second-order valence-electron chi connectivity index (χ2n) is 9.63. The number of carbonyl (C=O) groups is 3. The Balaban J connectivity index is 1.35. The molecule has 0 bridgehead atoms. The summed E-state index contributed by atoms with van der Waals surface area (Å²) in [6.45, 7) is 3.24. The SMILES string of the molecule is CCOC(=O)C1=C(C)NC(=O)N[C@H]1c1ccc(OCC(=O)N/N=C\c2cc(Cl)c(OCc3ccc(Cl)c(Cl)c3)c(Cl)c2)c(OC)c1. The van der Waals surface area contributed by atoms with E-state index in [1.54, 1.807) is 62.4 Å². The number of urea groups is 1. The van der Waals surface area contributed by atoms with Crippen molar-refractivity contribution in [2.45, 2.75) is 26.5 Å². The fraction of sp³-hybridized carbons (Fsp3) is 0.226. The van der Waals surface area contributed by atoms with Crippen LogP contribution < -0.4 is 30.3 Å². The molecular weight excluding hydrogens is 682 g/mol. The third-order valence-corrected chi connectivity index (χ3v) is 7.74. The monoisotopic (exact) mass is 708 g/mol. The third-order valence-electron chi connectivity index (χ3n) is 6.43. The lowest BCUT2D eigenvalue weighted by Crippen LogP contribution is -2.45. The molecule has 1 aliphatic heterocycles. The molecule has 11 nitrogen and oxygen atoms in total. The molecule has 0 aliphatic carbocycles. The Morgan fingerprint density at radius 2 is 1.70 bits per heavy atom. The highest BCUT2D eigenvalue weighted by molar-refractivity contribution is 6.42. The van der Waals surface area contributed by atoms with Gasteiger partial charge in [0.15, 0.2) is 23.9 Å². The summed E-state index contributed by atoms with van der Waals surface area (Å²) in [6, 6.07) is 11.8. The summed E-state index contributed by atoms with van der Waals surface area (Å²) in [5.41, 5.74) is 4.81. The molecule has 0 saturated heterocycles. The van der Waals surface area contributed by atoms with Gasteiger partial charge in [0.1, 0.15) is 6.61 Å². The van der Waals surface area contributed by atoms with E-state index < -0.39 is 30.6 Å². The predicted octanol–water partition coefficient (Wildman–Crippen LogP) is 6.61. The number of methoxy groups -OCH3 is 1. The highest BCUT2D eigenvalue weighted by Crippen LogP contribution is 2.36. The molecule has 4 rings (SSSR count). The van der Waals surface area contributed by atoms with E-state index >= 15 is 0 Å². The van der Waals surface area contributed by atoms with E-state index in [2.05, 4.69) is 21.2 Å². The van der Waals surface area contributed by atoms with Crippen LogP contribution in [0.15, 0.2) is 64.9 Å². The first-order valence-corrected chi connectivity index (χ1v) is 15.2. The molecule has 46 heavy (non-hydrogen) atoms. The topological polar surface area (TPSA) is 137 Å². The fourth-order valence-corrected chi connectivity index (χ4v) is 5.27. The molecule has 15 heteroatoms. The van der Waals surface area contributed by atoms with Gasteiger partial charge in [-0.1, -0.05) is 58.5 Å². The highest BCUT2D eigenvalue weighted by atomic mass is 35.5. The van der Waals surface area contributed by atoms with Crippen molar-refractivity contribution in [1.29, 1.82) is 0 Å². The van der Waals surface area contributed by atoms with Gasteiger partial charge in [-0.25, -0.2) is 15.0 Å². The first-order chi connectivity index (χ1) is 22.0. The Hall–Kier alpha value is -4.16. The van der Waals surface area contributed by atoms with Crippen LogP contribution in [0.3, 0.4) is 0 Å². The second-order valence-corrected chi connectivity index (χ2v) is 11.3. The molecular formula is C31H28Cl4N4O7. The summed E-state index contributed by atoms with van der Waals surface area (Å²) >= 11 is 24.7. The van der Waals surface area contributed by atoms with Gasteiger partial charge in [0.2, 0.25) is 0 Å². The maximum atomic E-state index is 12.6. The minimum absolute atomic E-state index is 0.160. The summed E-state index contributed by atoms with van der Waals surface area (Å²) in [5, 5.41) is 10.5. The van der Waals surface area contributed by atoms with E-state index in [0.29, 0.717) is 26.9 Å². The zero-order valence-electron chi connectivity index (χ0n) is 24.7.